The number of aromatic nitrogens is 2. The van der Waals surface area contributed by atoms with Crippen molar-refractivity contribution in [3.8, 4) is 11.1 Å². The number of anilines is 1. The third kappa shape index (κ3) is 7.36. The Kier molecular flexibility index (Phi) is 8.79. The maximum absolute atomic E-state index is 13.8. The van der Waals surface area contributed by atoms with Gasteiger partial charge in [-0.3, -0.25) is 14.9 Å². The zero-order valence-corrected chi connectivity index (χ0v) is 23.2. The monoisotopic (exact) mass is 621 g/mol. The van der Waals surface area contributed by atoms with Crippen molar-refractivity contribution in [2.24, 2.45) is 5.92 Å². The van der Waals surface area contributed by atoms with Crippen molar-refractivity contribution in [2.75, 3.05) is 24.5 Å². The molecule has 3 aromatic rings. The molecule has 2 saturated heterocycles. The summed E-state index contributed by atoms with van der Waals surface area (Å²) in [6.45, 7) is 2.16. The Bertz CT molecular complexity index is 1550. The molecule has 0 radical (unpaired) electrons. The number of piperidine rings is 1. The second-order valence-electron chi connectivity index (χ2n) is 10.1. The van der Waals surface area contributed by atoms with Crippen molar-refractivity contribution in [2.45, 2.75) is 31.7 Å². The fourth-order valence-corrected chi connectivity index (χ4v) is 5.69. The number of carbonyl (C=O) groups is 2. The molecule has 2 amide bonds. The molecular formula is C29H25F6N5O2S. The summed E-state index contributed by atoms with van der Waals surface area (Å²) >= 11 is 0.808. The van der Waals surface area contributed by atoms with E-state index in [1.807, 2.05) is 4.90 Å². The molecule has 0 spiro atoms. The first-order valence-corrected chi connectivity index (χ1v) is 14.1. The maximum Gasteiger partial charge on any atom is 0.417 e. The van der Waals surface area contributed by atoms with Crippen molar-refractivity contribution < 1.29 is 35.9 Å². The number of benzene rings is 2. The van der Waals surface area contributed by atoms with Crippen molar-refractivity contribution in [1.82, 2.24) is 20.6 Å². The zero-order chi connectivity index (χ0) is 30.8. The highest BCUT2D eigenvalue weighted by Crippen LogP contribution is 2.41. The van der Waals surface area contributed by atoms with Gasteiger partial charge in [-0.15, -0.1) is 0 Å². The van der Waals surface area contributed by atoms with Crippen LogP contribution < -0.4 is 15.5 Å². The first-order valence-electron chi connectivity index (χ1n) is 13.3. The van der Waals surface area contributed by atoms with E-state index >= 15 is 0 Å². The molecule has 0 saturated carbocycles. The largest absolute Gasteiger partial charge is 0.417 e. The summed E-state index contributed by atoms with van der Waals surface area (Å²) < 4.78 is 80.8. The van der Waals surface area contributed by atoms with Gasteiger partial charge in [-0.25, -0.2) is 9.97 Å². The Morgan fingerprint density at radius 1 is 0.977 bits per heavy atom. The van der Waals surface area contributed by atoms with Gasteiger partial charge in [0.2, 0.25) is 5.95 Å². The van der Waals surface area contributed by atoms with Gasteiger partial charge < -0.3 is 10.2 Å². The lowest BCUT2D eigenvalue weighted by Crippen LogP contribution is -2.38. The van der Waals surface area contributed by atoms with E-state index in [1.54, 1.807) is 30.5 Å². The highest BCUT2D eigenvalue weighted by atomic mass is 32.2. The molecule has 1 aromatic heterocycles. The summed E-state index contributed by atoms with van der Waals surface area (Å²) in [5.74, 6) is 0.308. The quantitative estimate of drug-likeness (QED) is 0.230. The van der Waals surface area contributed by atoms with Gasteiger partial charge in [-0.05, 0) is 78.0 Å². The van der Waals surface area contributed by atoms with Crippen LogP contribution in [0.5, 0.6) is 0 Å². The average molecular weight is 622 g/mol. The zero-order valence-electron chi connectivity index (χ0n) is 22.4. The molecule has 3 heterocycles. The number of amides is 2. The Labute approximate surface area is 246 Å². The lowest BCUT2D eigenvalue weighted by molar-refractivity contribution is -0.142. The highest BCUT2D eigenvalue weighted by molar-refractivity contribution is 8.18. The number of hydrogen-bond acceptors (Lipinski definition) is 7. The highest BCUT2D eigenvalue weighted by Gasteiger charge is 2.38. The molecule has 2 aromatic carbocycles. The van der Waals surface area contributed by atoms with Gasteiger partial charge in [0.25, 0.3) is 11.1 Å². The predicted molar refractivity (Wildman–Crippen MR) is 150 cm³/mol. The van der Waals surface area contributed by atoms with Crippen LogP contribution in [0.2, 0.25) is 0 Å². The van der Waals surface area contributed by atoms with Crippen LogP contribution in [0, 0.1) is 5.92 Å². The van der Waals surface area contributed by atoms with E-state index in [1.165, 1.54) is 12.1 Å². The smallest absolute Gasteiger partial charge is 0.341 e. The molecule has 7 nitrogen and oxygen atoms in total. The number of thioether (sulfide) groups is 1. The lowest BCUT2D eigenvalue weighted by atomic mass is 9.93. The number of nitrogens with zero attached hydrogens (tertiary/aromatic N) is 3. The van der Waals surface area contributed by atoms with Gasteiger partial charge in [0.1, 0.15) is 0 Å². The summed E-state index contributed by atoms with van der Waals surface area (Å²) in [7, 11) is 0. The van der Waals surface area contributed by atoms with Crippen LogP contribution in [-0.4, -0.2) is 40.7 Å². The van der Waals surface area contributed by atoms with Crippen molar-refractivity contribution in [1.29, 1.82) is 0 Å². The van der Waals surface area contributed by atoms with Crippen LogP contribution in [0.25, 0.3) is 17.2 Å². The number of alkyl halides is 6. The first kappa shape index (κ1) is 30.5. The van der Waals surface area contributed by atoms with Crippen LogP contribution in [0.1, 0.15) is 35.2 Å². The molecule has 5 rings (SSSR count). The predicted octanol–water partition coefficient (Wildman–Crippen LogP) is 6.51. The topological polar surface area (TPSA) is 87.2 Å². The van der Waals surface area contributed by atoms with Gasteiger partial charge >= 0.3 is 12.4 Å². The third-order valence-corrected chi connectivity index (χ3v) is 8.00. The Morgan fingerprint density at radius 3 is 2.40 bits per heavy atom. The van der Waals surface area contributed by atoms with Gasteiger partial charge in [0.15, 0.2) is 0 Å². The van der Waals surface area contributed by atoms with Crippen LogP contribution in [0.3, 0.4) is 0 Å². The van der Waals surface area contributed by atoms with E-state index in [4.69, 9.17) is 0 Å². The number of halogens is 6. The molecular weight excluding hydrogens is 596 g/mol. The number of rotatable bonds is 7. The summed E-state index contributed by atoms with van der Waals surface area (Å²) in [5, 5.41) is 5.06. The van der Waals surface area contributed by atoms with Crippen molar-refractivity contribution >= 4 is 34.9 Å². The van der Waals surface area contributed by atoms with Gasteiger partial charge in [0.05, 0.1) is 21.7 Å². The first-order chi connectivity index (χ1) is 20.4. The molecule has 0 aliphatic carbocycles. The van der Waals surface area contributed by atoms with E-state index in [2.05, 4.69) is 20.6 Å². The number of hydrogen-bond donors (Lipinski definition) is 2. The third-order valence-electron chi connectivity index (χ3n) is 7.19. The molecule has 2 aliphatic heterocycles. The van der Waals surface area contributed by atoms with Crippen molar-refractivity contribution in [3.63, 3.8) is 0 Å². The molecule has 2 aliphatic rings. The summed E-state index contributed by atoms with van der Waals surface area (Å²) in [4.78, 5) is 34.3. The molecule has 0 bridgehead atoms. The van der Waals surface area contributed by atoms with Gasteiger partial charge in [-0.2, -0.15) is 26.3 Å². The van der Waals surface area contributed by atoms with Crippen LogP contribution >= 0.6 is 11.8 Å². The Hall–Kier alpha value is -3.91. The minimum absolute atomic E-state index is 0.162. The Balaban J connectivity index is 1.20. The van der Waals surface area contributed by atoms with Crippen LogP contribution in [-0.2, 0) is 23.7 Å². The van der Waals surface area contributed by atoms with E-state index in [0.29, 0.717) is 42.9 Å². The van der Waals surface area contributed by atoms with Crippen molar-refractivity contribution in [3.05, 3.63) is 82.0 Å². The molecule has 2 N–H and O–H groups in total. The van der Waals surface area contributed by atoms with Crippen LogP contribution in [0.4, 0.5) is 37.1 Å². The molecule has 0 atom stereocenters. The standard InChI is InChI=1S/C29H25F6N5O2S/c30-28(31,32)19-5-6-22(23(13-19)29(33,34)35)21-4-2-1-3-18(21)16-36-15-17-8-11-40(12-9-17)26-37-10-7-20(38-26)14-24-25(41)39-27(42)43-24/h1-7,10,13-14,17,36H,8-9,11-12,15-16H2,(H,39,41,42)/b24-14-. The number of nitrogens with one attached hydrogen (secondary N) is 2. The van der Waals surface area contributed by atoms with E-state index in [-0.39, 0.29) is 34.6 Å². The molecule has 14 heteroatoms. The number of carbonyl (C=O) groups excluding carboxylic acids is 2. The van der Waals surface area contributed by atoms with E-state index in [9.17, 15) is 35.9 Å². The SMILES string of the molecule is O=C1NC(=O)/C(=C/c2ccnc(N3CCC(CNCc4ccccc4-c4ccc(C(F)(F)F)cc4C(F)(F)F)CC3)n2)S1. The fraction of sp³-hybridized carbons (Fsp3) is 0.310. The minimum atomic E-state index is -4.96. The Morgan fingerprint density at radius 2 is 1.72 bits per heavy atom. The van der Waals surface area contributed by atoms with Gasteiger partial charge in [0, 0.05) is 25.8 Å². The summed E-state index contributed by atoms with van der Waals surface area (Å²) in [5.41, 5.74) is -1.72. The fourth-order valence-electron chi connectivity index (χ4n) is 5.03. The second-order valence-corrected chi connectivity index (χ2v) is 11.1. The average Bonchev–Trinajstić information content (AvgIpc) is 3.28. The van der Waals surface area contributed by atoms with E-state index in [0.717, 1.165) is 30.7 Å². The summed E-state index contributed by atoms with van der Waals surface area (Å²) in [6.07, 6.45) is -5.14. The second kappa shape index (κ2) is 12.4. The maximum atomic E-state index is 13.8. The number of imide groups is 1. The molecule has 0 unspecified atom stereocenters. The lowest BCUT2D eigenvalue weighted by Gasteiger charge is -2.32. The summed E-state index contributed by atoms with van der Waals surface area (Å²) in [6, 6.07) is 9.73. The van der Waals surface area contributed by atoms with Crippen LogP contribution in [0.15, 0.2) is 59.6 Å². The minimum Gasteiger partial charge on any atom is -0.341 e. The van der Waals surface area contributed by atoms with E-state index < -0.39 is 34.6 Å². The van der Waals surface area contributed by atoms with Gasteiger partial charge in [-0.1, -0.05) is 30.3 Å². The molecule has 43 heavy (non-hydrogen) atoms. The molecule has 226 valence electrons. The normalized spacial score (nSPS) is 17.5. The molecule has 2 fully saturated rings.